The minimum absolute atomic E-state index is 0.0872. The van der Waals surface area contributed by atoms with E-state index in [1.54, 1.807) is 4.52 Å². The minimum Gasteiger partial charge on any atom is -0.346 e. The summed E-state index contributed by atoms with van der Waals surface area (Å²) in [5, 5.41) is 8.17. The van der Waals surface area contributed by atoms with E-state index < -0.39 is 0 Å². The lowest BCUT2D eigenvalue weighted by Crippen LogP contribution is -2.22. The van der Waals surface area contributed by atoms with Crippen molar-refractivity contribution in [2.24, 2.45) is 0 Å². The third-order valence-corrected chi connectivity index (χ3v) is 4.30. The Bertz CT molecular complexity index is 770. The molecule has 6 heteroatoms. The van der Waals surface area contributed by atoms with Gasteiger partial charge in [0.2, 0.25) is 4.96 Å². The maximum atomic E-state index is 12.1. The predicted octanol–water partition coefficient (Wildman–Crippen LogP) is 3.15. The van der Waals surface area contributed by atoms with Crippen molar-refractivity contribution < 1.29 is 4.79 Å². The third-order valence-electron chi connectivity index (χ3n) is 3.46. The number of nitrogens with zero attached hydrogens (tertiary/aromatic N) is 3. The maximum Gasteiger partial charge on any atom is 0.251 e. The van der Waals surface area contributed by atoms with Crippen LogP contribution in [0.1, 0.15) is 46.4 Å². The van der Waals surface area contributed by atoms with E-state index in [0.717, 1.165) is 15.7 Å². The minimum atomic E-state index is -0.0872. The zero-order valence-corrected chi connectivity index (χ0v) is 13.6. The molecule has 0 spiro atoms. The highest BCUT2D eigenvalue weighted by atomic mass is 32.1. The number of hydrogen-bond donors (Lipinski definition) is 1. The van der Waals surface area contributed by atoms with E-state index >= 15 is 0 Å². The number of rotatable bonds is 4. The van der Waals surface area contributed by atoms with Gasteiger partial charge in [-0.2, -0.15) is 5.10 Å². The van der Waals surface area contributed by atoms with Crippen molar-refractivity contribution in [1.29, 1.82) is 0 Å². The molecule has 2 heterocycles. The summed E-state index contributed by atoms with van der Waals surface area (Å²) in [6.07, 6.45) is 1.85. The zero-order chi connectivity index (χ0) is 15.7. The second kappa shape index (κ2) is 5.88. The lowest BCUT2D eigenvalue weighted by atomic mass is 10.0. The van der Waals surface area contributed by atoms with Crippen LogP contribution in [0.4, 0.5) is 0 Å². The van der Waals surface area contributed by atoms with Crippen LogP contribution >= 0.6 is 11.3 Å². The molecule has 0 aliphatic heterocycles. The molecule has 5 nitrogen and oxygen atoms in total. The van der Waals surface area contributed by atoms with Crippen LogP contribution in [0.15, 0.2) is 30.5 Å². The van der Waals surface area contributed by atoms with E-state index in [2.05, 4.69) is 29.2 Å². The molecule has 0 fully saturated rings. The van der Waals surface area contributed by atoms with Gasteiger partial charge < -0.3 is 5.32 Å². The number of amides is 1. The Balaban J connectivity index is 1.64. The number of fused-ring (bicyclic) bond motifs is 1. The maximum absolute atomic E-state index is 12.1. The molecule has 0 radical (unpaired) electrons. The van der Waals surface area contributed by atoms with E-state index in [1.165, 1.54) is 16.9 Å². The van der Waals surface area contributed by atoms with Crippen LogP contribution in [0, 0.1) is 6.92 Å². The third kappa shape index (κ3) is 3.01. The topological polar surface area (TPSA) is 59.3 Å². The largest absolute Gasteiger partial charge is 0.346 e. The summed E-state index contributed by atoms with van der Waals surface area (Å²) in [4.78, 5) is 17.4. The average Bonchev–Trinajstić information content (AvgIpc) is 3.01. The summed E-state index contributed by atoms with van der Waals surface area (Å²) in [5.74, 6) is 0.377. The second-order valence-corrected chi connectivity index (χ2v) is 6.70. The van der Waals surface area contributed by atoms with E-state index in [4.69, 9.17) is 0 Å². The van der Waals surface area contributed by atoms with Crippen molar-refractivity contribution >= 4 is 22.2 Å². The normalized spacial score (nSPS) is 11.3. The van der Waals surface area contributed by atoms with E-state index in [-0.39, 0.29) is 5.91 Å². The standard InChI is InChI=1S/C16H18N4OS/c1-10(2)12-4-6-13(7-5-12)15(21)17-8-14-9-20-16(18-14)22-11(3)19-20/h4-7,9-10H,8H2,1-3H3,(H,17,21). The lowest BCUT2D eigenvalue weighted by molar-refractivity contribution is 0.0950. The molecule has 0 saturated heterocycles. The molecule has 1 amide bonds. The first-order valence-corrected chi connectivity index (χ1v) is 8.04. The van der Waals surface area contributed by atoms with Crippen LogP contribution in [0.5, 0.6) is 0 Å². The number of carbonyl (C=O) groups excluding carboxylic acids is 1. The van der Waals surface area contributed by atoms with Gasteiger partial charge in [0.1, 0.15) is 5.01 Å². The van der Waals surface area contributed by atoms with Crippen molar-refractivity contribution in [1.82, 2.24) is 19.9 Å². The van der Waals surface area contributed by atoms with Crippen molar-refractivity contribution in [2.75, 3.05) is 0 Å². The summed E-state index contributed by atoms with van der Waals surface area (Å²) in [5.41, 5.74) is 2.71. The van der Waals surface area contributed by atoms with Crippen molar-refractivity contribution in [2.45, 2.75) is 33.2 Å². The average molecular weight is 314 g/mol. The van der Waals surface area contributed by atoms with Crippen molar-refractivity contribution in [3.8, 4) is 0 Å². The lowest BCUT2D eigenvalue weighted by Gasteiger charge is -2.07. The molecule has 0 aliphatic rings. The fourth-order valence-corrected chi connectivity index (χ4v) is 2.97. The molecule has 0 saturated carbocycles. The Labute approximate surface area is 133 Å². The van der Waals surface area contributed by atoms with Crippen molar-refractivity contribution in [3.05, 3.63) is 52.3 Å². The van der Waals surface area contributed by atoms with Crippen LogP contribution in [0.2, 0.25) is 0 Å². The van der Waals surface area contributed by atoms with Gasteiger partial charge >= 0.3 is 0 Å². The van der Waals surface area contributed by atoms with Gasteiger partial charge in [0.05, 0.1) is 18.4 Å². The first-order chi connectivity index (χ1) is 10.5. The number of carbonyl (C=O) groups is 1. The molecular formula is C16H18N4OS. The number of imidazole rings is 1. The van der Waals surface area contributed by atoms with Gasteiger partial charge in [-0.25, -0.2) is 9.50 Å². The summed E-state index contributed by atoms with van der Waals surface area (Å²) in [6, 6.07) is 7.72. The quantitative estimate of drug-likeness (QED) is 0.805. The monoisotopic (exact) mass is 314 g/mol. The number of nitrogens with one attached hydrogen (secondary N) is 1. The van der Waals surface area contributed by atoms with Crippen LogP contribution in [0.3, 0.4) is 0 Å². The Kier molecular flexibility index (Phi) is 3.94. The SMILES string of the molecule is Cc1nn2cc(CNC(=O)c3ccc(C(C)C)cc3)nc2s1. The van der Waals surface area contributed by atoms with E-state index in [0.29, 0.717) is 18.0 Å². The molecule has 3 aromatic rings. The number of aryl methyl sites for hydroxylation is 1. The molecular weight excluding hydrogens is 296 g/mol. The molecule has 114 valence electrons. The molecule has 0 unspecified atom stereocenters. The fraction of sp³-hybridized carbons (Fsp3) is 0.312. The van der Waals surface area contributed by atoms with Gasteiger partial charge in [-0.05, 0) is 30.5 Å². The van der Waals surface area contributed by atoms with Gasteiger partial charge in [0.15, 0.2) is 0 Å². The first kappa shape index (κ1) is 14.7. The molecule has 3 rings (SSSR count). The summed E-state index contributed by atoms with van der Waals surface area (Å²) >= 11 is 1.54. The summed E-state index contributed by atoms with van der Waals surface area (Å²) < 4.78 is 1.75. The fourth-order valence-electron chi connectivity index (χ4n) is 2.22. The Morgan fingerprint density at radius 3 is 2.68 bits per heavy atom. The van der Waals surface area contributed by atoms with Gasteiger partial charge in [-0.3, -0.25) is 4.79 Å². The number of benzene rings is 1. The van der Waals surface area contributed by atoms with Gasteiger partial charge in [0.25, 0.3) is 5.91 Å². The molecule has 2 aromatic heterocycles. The Hall–Kier alpha value is -2.21. The van der Waals surface area contributed by atoms with Crippen LogP contribution in [-0.4, -0.2) is 20.5 Å². The van der Waals surface area contributed by atoms with Gasteiger partial charge in [0, 0.05) is 5.56 Å². The summed E-state index contributed by atoms with van der Waals surface area (Å²) in [6.45, 7) is 6.62. The van der Waals surface area contributed by atoms with E-state index in [1.807, 2.05) is 37.4 Å². The highest BCUT2D eigenvalue weighted by Gasteiger charge is 2.09. The molecule has 0 atom stereocenters. The van der Waals surface area contributed by atoms with E-state index in [9.17, 15) is 4.79 Å². The predicted molar refractivity (Wildman–Crippen MR) is 87.3 cm³/mol. The highest BCUT2D eigenvalue weighted by molar-refractivity contribution is 7.16. The zero-order valence-electron chi connectivity index (χ0n) is 12.8. The Morgan fingerprint density at radius 2 is 2.05 bits per heavy atom. The number of hydrogen-bond acceptors (Lipinski definition) is 4. The molecule has 1 aromatic carbocycles. The Morgan fingerprint density at radius 1 is 1.32 bits per heavy atom. The highest BCUT2D eigenvalue weighted by Crippen LogP contribution is 2.15. The van der Waals surface area contributed by atoms with Gasteiger partial charge in [-0.15, -0.1) is 0 Å². The number of aromatic nitrogens is 3. The second-order valence-electron chi connectivity index (χ2n) is 5.54. The molecule has 0 bridgehead atoms. The van der Waals surface area contributed by atoms with Crippen molar-refractivity contribution in [3.63, 3.8) is 0 Å². The first-order valence-electron chi connectivity index (χ1n) is 7.23. The van der Waals surface area contributed by atoms with Gasteiger partial charge in [-0.1, -0.05) is 37.3 Å². The molecule has 22 heavy (non-hydrogen) atoms. The smallest absolute Gasteiger partial charge is 0.251 e. The van der Waals surface area contributed by atoms with Crippen LogP contribution in [0.25, 0.3) is 4.96 Å². The van der Waals surface area contributed by atoms with Crippen LogP contribution < -0.4 is 5.32 Å². The molecule has 0 aliphatic carbocycles. The summed E-state index contributed by atoms with van der Waals surface area (Å²) in [7, 11) is 0. The van der Waals surface area contributed by atoms with Crippen LogP contribution in [-0.2, 0) is 6.54 Å². The molecule has 1 N–H and O–H groups in total.